The largest absolute Gasteiger partial charge is 0.449 e. The van der Waals surface area contributed by atoms with Gasteiger partial charge in [0.15, 0.2) is 15.9 Å². The molecule has 0 spiro atoms. The zero-order chi connectivity index (χ0) is 22.0. The SMILES string of the molecule is C[C@@H](OC(=O)c1ccc(S(C)(=O)=O)cc1)C(=O)Nc1ccc(Cl)c(C(F)(F)F)c1. The molecule has 0 heterocycles. The van der Waals surface area contributed by atoms with Gasteiger partial charge in [0, 0.05) is 11.9 Å². The predicted octanol–water partition coefficient (Wildman–Crippen LogP) is 3.95. The molecule has 0 aliphatic heterocycles. The van der Waals surface area contributed by atoms with Crippen LogP contribution in [0.5, 0.6) is 0 Å². The fourth-order valence-electron chi connectivity index (χ4n) is 2.18. The van der Waals surface area contributed by atoms with E-state index in [2.05, 4.69) is 5.32 Å². The molecule has 1 amide bonds. The van der Waals surface area contributed by atoms with E-state index in [1.807, 2.05) is 0 Å². The molecule has 0 aliphatic rings. The number of sulfone groups is 1. The van der Waals surface area contributed by atoms with E-state index in [1.54, 1.807) is 0 Å². The number of ether oxygens (including phenoxy) is 1. The summed E-state index contributed by atoms with van der Waals surface area (Å²) in [5, 5.41) is 1.69. The first-order valence-corrected chi connectivity index (χ1v) is 10.2. The number of alkyl halides is 3. The molecule has 156 valence electrons. The van der Waals surface area contributed by atoms with Gasteiger partial charge < -0.3 is 10.1 Å². The summed E-state index contributed by atoms with van der Waals surface area (Å²) < 4.78 is 66.4. The van der Waals surface area contributed by atoms with Gasteiger partial charge in [-0.05, 0) is 49.4 Å². The Bertz CT molecular complexity index is 1040. The second-order valence-electron chi connectivity index (χ2n) is 6.03. The number of esters is 1. The average molecular weight is 450 g/mol. The van der Waals surface area contributed by atoms with Crippen LogP contribution < -0.4 is 5.32 Å². The summed E-state index contributed by atoms with van der Waals surface area (Å²) in [7, 11) is -3.44. The van der Waals surface area contributed by atoms with Crippen molar-refractivity contribution in [1.29, 1.82) is 0 Å². The van der Waals surface area contributed by atoms with Crippen molar-refractivity contribution in [1.82, 2.24) is 0 Å². The zero-order valence-electron chi connectivity index (χ0n) is 15.1. The first-order chi connectivity index (χ1) is 13.3. The van der Waals surface area contributed by atoms with Crippen LogP contribution in [0.1, 0.15) is 22.8 Å². The molecular weight excluding hydrogens is 435 g/mol. The Hall–Kier alpha value is -2.59. The molecule has 2 aromatic carbocycles. The lowest BCUT2D eigenvalue weighted by atomic mass is 10.2. The molecule has 2 aromatic rings. The molecule has 11 heteroatoms. The Labute approximate surface area is 169 Å². The summed E-state index contributed by atoms with van der Waals surface area (Å²) in [6.45, 7) is 1.23. The highest BCUT2D eigenvalue weighted by atomic mass is 35.5. The number of amides is 1. The summed E-state index contributed by atoms with van der Waals surface area (Å²) in [6.07, 6.45) is -5.02. The lowest BCUT2D eigenvalue weighted by Gasteiger charge is -2.15. The number of rotatable bonds is 5. The van der Waals surface area contributed by atoms with E-state index in [0.29, 0.717) is 6.07 Å². The summed E-state index contributed by atoms with van der Waals surface area (Å²) in [4.78, 5) is 24.2. The number of hydrogen-bond donors (Lipinski definition) is 1. The molecule has 1 N–H and O–H groups in total. The molecule has 0 bridgehead atoms. The molecule has 29 heavy (non-hydrogen) atoms. The van der Waals surface area contributed by atoms with Crippen molar-refractivity contribution >= 4 is 39.0 Å². The van der Waals surface area contributed by atoms with Crippen LogP contribution in [-0.2, 0) is 25.5 Å². The van der Waals surface area contributed by atoms with E-state index in [-0.39, 0.29) is 16.1 Å². The second kappa shape index (κ2) is 8.42. The highest BCUT2D eigenvalue weighted by molar-refractivity contribution is 7.90. The molecule has 0 saturated carbocycles. The molecule has 0 unspecified atom stereocenters. The van der Waals surface area contributed by atoms with Gasteiger partial charge in [0.1, 0.15) is 0 Å². The van der Waals surface area contributed by atoms with Crippen molar-refractivity contribution in [3.05, 3.63) is 58.6 Å². The highest BCUT2D eigenvalue weighted by Crippen LogP contribution is 2.36. The van der Waals surface area contributed by atoms with Gasteiger partial charge >= 0.3 is 12.1 Å². The first kappa shape index (κ1) is 22.7. The van der Waals surface area contributed by atoms with Gasteiger partial charge in [-0.3, -0.25) is 4.79 Å². The molecule has 0 aromatic heterocycles. The molecule has 0 saturated heterocycles. The lowest BCUT2D eigenvalue weighted by Crippen LogP contribution is -2.30. The van der Waals surface area contributed by atoms with Crippen LogP contribution in [-0.4, -0.2) is 32.7 Å². The van der Waals surface area contributed by atoms with Gasteiger partial charge in [-0.25, -0.2) is 13.2 Å². The molecule has 0 fully saturated rings. The van der Waals surface area contributed by atoms with Crippen molar-refractivity contribution < 1.29 is 35.9 Å². The number of carbonyl (C=O) groups is 2. The van der Waals surface area contributed by atoms with Crippen molar-refractivity contribution in [2.24, 2.45) is 0 Å². The van der Waals surface area contributed by atoms with E-state index in [4.69, 9.17) is 16.3 Å². The highest BCUT2D eigenvalue weighted by Gasteiger charge is 2.33. The normalized spacial score (nSPS) is 12.9. The summed E-state index contributed by atoms with van der Waals surface area (Å²) in [6, 6.07) is 7.69. The smallest absolute Gasteiger partial charge is 0.417 e. The maximum atomic E-state index is 12.9. The van der Waals surface area contributed by atoms with Gasteiger partial charge in [-0.15, -0.1) is 0 Å². The van der Waals surface area contributed by atoms with Crippen LogP contribution in [0.3, 0.4) is 0 Å². The van der Waals surface area contributed by atoms with Crippen LogP contribution in [0, 0.1) is 0 Å². The number of nitrogens with one attached hydrogen (secondary N) is 1. The summed E-state index contributed by atoms with van der Waals surface area (Å²) >= 11 is 5.52. The maximum absolute atomic E-state index is 12.9. The average Bonchev–Trinajstić information content (AvgIpc) is 2.61. The molecule has 0 radical (unpaired) electrons. The van der Waals surface area contributed by atoms with Gasteiger partial charge in [0.2, 0.25) is 0 Å². The Morgan fingerprint density at radius 3 is 2.21 bits per heavy atom. The molecule has 6 nitrogen and oxygen atoms in total. The number of hydrogen-bond acceptors (Lipinski definition) is 5. The standard InChI is InChI=1S/C18H15ClF3NO5S/c1-10(28-17(25)11-3-6-13(7-4-11)29(2,26)27)16(24)23-12-5-8-15(19)14(9-12)18(20,21)22/h3-10H,1-2H3,(H,23,24)/t10-/m1/s1. The van der Waals surface area contributed by atoms with Crippen molar-refractivity contribution in [2.45, 2.75) is 24.1 Å². The van der Waals surface area contributed by atoms with Crippen molar-refractivity contribution in [3.63, 3.8) is 0 Å². The third kappa shape index (κ3) is 5.94. The van der Waals surface area contributed by atoms with E-state index in [9.17, 15) is 31.2 Å². The fraction of sp³-hybridized carbons (Fsp3) is 0.222. The molecule has 2 rings (SSSR count). The topological polar surface area (TPSA) is 89.5 Å². The molecule has 0 aliphatic carbocycles. The Morgan fingerprint density at radius 2 is 1.69 bits per heavy atom. The number of carbonyl (C=O) groups excluding carboxylic acids is 2. The van der Waals surface area contributed by atoms with Gasteiger partial charge in [0.05, 0.1) is 21.0 Å². The maximum Gasteiger partial charge on any atom is 0.417 e. The number of benzene rings is 2. The lowest BCUT2D eigenvalue weighted by molar-refractivity contribution is -0.137. The third-order valence-electron chi connectivity index (χ3n) is 3.71. The van der Waals surface area contributed by atoms with E-state index in [1.165, 1.54) is 37.3 Å². The fourth-order valence-corrected chi connectivity index (χ4v) is 3.04. The Balaban J connectivity index is 2.06. The molecular formula is C18H15ClF3NO5S. The Morgan fingerprint density at radius 1 is 1.10 bits per heavy atom. The van der Waals surface area contributed by atoms with Gasteiger partial charge in [-0.1, -0.05) is 11.6 Å². The van der Waals surface area contributed by atoms with E-state index < -0.39 is 44.6 Å². The number of anilines is 1. The van der Waals surface area contributed by atoms with E-state index >= 15 is 0 Å². The van der Waals surface area contributed by atoms with Crippen molar-refractivity contribution in [2.75, 3.05) is 11.6 Å². The van der Waals surface area contributed by atoms with Crippen molar-refractivity contribution in [3.8, 4) is 0 Å². The van der Waals surface area contributed by atoms with Crippen LogP contribution in [0.25, 0.3) is 0 Å². The zero-order valence-corrected chi connectivity index (χ0v) is 16.7. The van der Waals surface area contributed by atoms with Crippen LogP contribution in [0.2, 0.25) is 5.02 Å². The minimum Gasteiger partial charge on any atom is -0.449 e. The quantitative estimate of drug-likeness (QED) is 0.698. The minimum absolute atomic E-state index is 0.00269. The van der Waals surface area contributed by atoms with E-state index in [0.717, 1.165) is 12.3 Å². The third-order valence-corrected chi connectivity index (χ3v) is 5.17. The second-order valence-corrected chi connectivity index (χ2v) is 8.45. The van der Waals surface area contributed by atoms with Gasteiger partial charge in [-0.2, -0.15) is 13.2 Å². The minimum atomic E-state index is -4.70. The van der Waals surface area contributed by atoms with Crippen LogP contribution in [0.4, 0.5) is 18.9 Å². The first-order valence-electron chi connectivity index (χ1n) is 7.98. The summed E-state index contributed by atoms with van der Waals surface area (Å²) in [5.74, 6) is -1.76. The Kier molecular flexibility index (Phi) is 6.59. The summed E-state index contributed by atoms with van der Waals surface area (Å²) in [5.41, 5.74) is -1.29. The number of halogens is 4. The van der Waals surface area contributed by atoms with Gasteiger partial charge in [0.25, 0.3) is 5.91 Å². The molecule has 1 atom stereocenters. The monoisotopic (exact) mass is 449 g/mol. The van der Waals surface area contributed by atoms with Crippen LogP contribution >= 0.6 is 11.6 Å². The predicted molar refractivity (Wildman–Crippen MR) is 99.5 cm³/mol. The van der Waals surface area contributed by atoms with Crippen LogP contribution in [0.15, 0.2) is 47.4 Å².